The molecule has 1 aromatic heterocycles. The van der Waals surface area contributed by atoms with Crippen LogP contribution < -0.4 is 16.0 Å². The second-order valence-corrected chi connectivity index (χ2v) is 8.15. The Morgan fingerprint density at radius 3 is 2.88 bits per heavy atom. The van der Waals surface area contributed by atoms with E-state index in [0.29, 0.717) is 42.3 Å². The molecular weight excluding hydrogens is 409 g/mol. The number of benzene rings is 2. The average Bonchev–Trinajstić information content (AvgIpc) is 2.80. The molecule has 164 valence electrons. The summed E-state index contributed by atoms with van der Waals surface area (Å²) in [6.45, 7) is 4.63. The van der Waals surface area contributed by atoms with Crippen molar-refractivity contribution in [1.82, 2.24) is 15.3 Å². The number of morpholine rings is 1. The van der Waals surface area contributed by atoms with E-state index >= 15 is 4.39 Å². The molecule has 0 aliphatic carbocycles. The van der Waals surface area contributed by atoms with E-state index in [1.54, 1.807) is 18.2 Å². The van der Waals surface area contributed by atoms with E-state index in [4.69, 9.17) is 10.5 Å². The minimum absolute atomic E-state index is 0.0812. The van der Waals surface area contributed by atoms with E-state index in [2.05, 4.69) is 27.1 Å². The number of nitrogen functional groups attached to an aromatic ring is 1. The number of nitrogens with zero attached hydrogens (tertiary/aromatic N) is 3. The molecule has 1 atom stereocenters. The van der Waals surface area contributed by atoms with Gasteiger partial charge in [-0.3, -0.25) is 4.79 Å². The van der Waals surface area contributed by atoms with Crippen LogP contribution in [0.5, 0.6) is 0 Å². The van der Waals surface area contributed by atoms with Crippen molar-refractivity contribution in [3.05, 3.63) is 59.5 Å². The van der Waals surface area contributed by atoms with Crippen LogP contribution in [0.1, 0.15) is 22.8 Å². The van der Waals surface area contributed by atoms with Crippen molar-refractivity contribution < 1.29 is 13.9 Å². The van der Waals surface area contributed by atoms with Gasteiger partial charge in [0.05, 0.1) is 25.1 Å². The number of nitrogens with one attached hydrogen (secondary N) is 1. The molecule has 1 fully saturated rings. The third-order valence-electron chi connectivity index (χ3n) is 6.03. The summed E-state index contributed by atoms with van der Waals surface area (Å²) >= 11 is 0. The van der Waals surface area contributed by atoms with Crippen LogP contribution in [0.15, 0.2) is 42.6 Å². The molecule has 1 saturated heterocycles. The molecule has 3 N–H and O–H groups in total. The molecule has 3 heterocycles. The Kier molecular flexibility index (Phi) is 5.22. The summed E-state index contributed by atoms with van der Waals surface area (Å²) in [5.74, 6) is -0.191. The van der Waals surface area contributed by atoms with E-state index in [9.17, 15) is 4.79 Å². The van der Waals surface area contributed by atoms with Crippen LogP contribution in [-0.2, 0) is 11.2 Å². The zero-order valence-electron chi connectivity index (χ0n) is 17.8. The van der Waals surface area contributed by atoms with Crippen molar-refractivity contribution in [3.63, 3.8) is 0 Å². The van der Waals surface area contributed by atoms with Crippen molar-refractivity contribution in [2.24, 2.45) is 0 Å². The lowest BCUT2D eigenvalue weighted by Gasteiger charge is -2.35. The summed E-state index contributed by atoms with van der Waals surface area (Å²) in [6.07, 6.45) is 2.22. The second-order valence-electron chi connectivity index (χ2n) is 8.15. The first-order valence-electron chi connectivity index (χ1n) is 10.7. The normalized spacial score (nSPS) is 18.2. The molecule has 1 amide bonds. The molecular formula is C24H24FN5O2. The standard InChI is InChI=1S/C24H24FN5O2/c1-14-13-32-9-8-30(14)17-3-5-19(20(25)11-17)21-12-28-23(26)22(29-21)16-2-4-18-15(10-16)6-7-27-24(18)31/h2-5,10-12,14H,6-9,13H2,1H3,(H2,26,28)(H,27,31)/t14-/m0/s1. The topological polar surface area (TPSA) is 93.4 Å². The van der Waals surface area contributed by atoms with Crippen LogP contribution in [0.2, 0.25) is 0 Å². The number of hydrogen-bond acceptors (Lipinski definition) is 6. The summed E-state index contributed by atoms with van der Waals surface area (Å²) in [4.78, 5) is 23.1. The van der Waals surface area contributed by atoms with Gasteiger partial charge in [-0.25, -0.2) is 14.4 Å². The SMILES string of the molecule is C[C@H]1COCCN1c1ccc(-c2cnc(N)c(-c3ccc4c(c3)CCNC4=O)n2)c(F)c1. The molecule has 7 nitrogen and oxygen atoms in total. The van der Waals surface area contributed by atoms with Gasteiger partial charge in [0.25, 0.3) is 5.91 Å². The second kappa shape index (κ2) is 8.20. The molecule has 8 heteroatoms. The van der Waals surface area contributed by atoms with Gasteiger partial charge in [-0.15, -0.1) is 0 Å². The molecule has 2 aliphatic rings. The van der Waals surface area contributed by atoms with Gasteiger partial charge in [0.1, 0.15) is 17.3 Å². The Labute approximate surface area is 185 Å². The van der Waals surface area contributed by atoms with Crippen LogP contribution in [-0.4, -0.2) is 48.2 Å². The Hall–Kier alpha value is -3.52. The highest BCUT2D eigenvalue weighted by molar-refractivity contribution is 5.97. The monoisotopic (exact) mass is 433 g/mol. The summed E-state index contributed by atoms with van der Waals surface area (Å²) in [7, 11) is 0. The molecule has 3 aromatic rings. The number of anilines is 2. The number of carbonyl (C=O) groups excluding carboxylic acids is 1. The van der Waals surface area contributed by atoms with Gasteiger partial charge in [0.2, 0.25) is 0 Å². The fourth-order valence-corrected chi connectivity index (χ4v) is 4.32. The van der Waals surface area contributed by atoms with E-state index in [0.717, 1.165) is 29.8 Å². The summed E-state index contributed by atoms with van der Waals surface area (Å²) in [6, 6.07) is 10.8. The summed E-state index contributed by atoms with van der Waals surface area (Å²) < 4.78 is 20.6. The van der Waals surface area contributed by atoms with Crippen molar-refractivity contribution >= 4 is 17.4 Å². The number of carbonyl (C=O) groups is 1. The number of amides is 1. The number of halogens is 1. The first-order chi connectivity index (χ1) is 15.5. The van der Waals surface area contributed by atoms with Gasteiger partial charge in [-0.05, 0) is 49.2 Å². The molecule has 2 aliphatic heterocycles. The van der Waals surface area contributed by atoms with E-state index < -0.39 is 0 Å². The fourth-order valence-electron chi connectivity index (χ4n) is 4.32. The lowest BCUT2D eigenvalue weighted by atomic mass is 9.96. The Morgan fingerprint density at radius 1 is 1.22 bits per heavy atom. The van der Waals surface area contributed by atoms with E-state index in [1.165, 1.54) is 12.3 Å². The molecule has 2 aromatic carbocycles. The Balaban J connectivity index is 1.50. The lowest BCUT2D eigenvalue weighted by Crippen LogP contribution is -2.43. The average molecular weight is 433 g/mol. The predicted molar refractivity (Wildman–Crippen MR) is 121 cm³/mol. The van der Waals surface area contributed by atoms with Gasteiger partial charge in [0.15, 0.2) is 0 Å². The van der Waals surface area contributed by atoms with Gasteiger partial charge in [-0.1, -0.05) is 6.07 Å². The first kappa shape index (κ1) is 20.4. The maximum Gasteiger partial charge on any atom is 0.251 e. The van der Waals surface area contributed by atoms with Crippen molar-refractivity contribution in [1.29, 1.82) is 0 Å². The van der Waals surface area contributed by atoms with Crippen LogP contribution in [0.25, 0.3) is 22.5 Å². The highest BCUT2D eigenvalue weighted by Crippen LogP contribution is 2.31. The highest BCUT2D eigenvalue weighted by Gasteiger charge is 2.22. The molecule has 0 saturated carbocycles. The fraction of sp³-hybridized carbons (Fsp3) is 0.292. The predicted octanol–water partition coefficient (Wildman–Crippen LogP) is 3.04. The van der Waals surface area contributed by atoms with Crippen LogP contribution >= 0.6 is 0 Å². The maximum atomic E-state index is 15.1. The van der Waals surface area contributed by atoms with Crippen molar-refractivity contribution in [2.75, 3.05) is 36.9 Å². The molecule has 5 rings (SSSR count). The highest BCUT2D eigenvalue weighted by atomic mass is 19.1. The molecule has 0 radical (unpaired) electrons. The number of fused-ring (bicyclic) bond motifs is 1. The van der Waals surface area contributed by atoms with E-state index in [1.807, 2.05) is 12.1 Å². The van der Waals surface area contributed by atoms with Gasteiger partial charge < -0.3 is 20.7 Å². The Bertz CT molecular complexity index is 1200. The molecule has 0 bridgehead atoms. The maximum absolute atomic E-state index is 15.1. The third-order valence-corrected chi connectivity index (χ3v) is 6.03. The van der Waals surface area contributed by atoms with Gasteiger partial charge >= 0.3 is 0 Å². The zero-order chi connectivity index (χ0) is 22.2. The van der Waals surface area contributed by atoms with Crippen molar-refractivity contribution in [3.8, 4) is 22.5 Å². The van der Waals surface area contributed by atoms with Crippen LogP contribution in [0, 0.1) is 5.82 Å². The molecule has 0 spiro atoms. The lowest BCUT2D eigenvalue weighted by molar-refractivity contribution is 0.0946. The van der Waals surface area contributed by atoms with E-state index in [-0.39, 0.29) is 23.6 Å². The third kappa shape index (κ3) is 3.67. The number of nitrogens with two attached hydrogens (primary N) is 1. The van der Waals surface area contributed by atoms with Crippen LogP contribution in [0.3, 0.4) is 0 Å². The Morgan fingerprint density at radius 2 is 2.06 bits per heavy atom. The minimum Gasteiger partial charge on any atom is -0.382 e. The molecule has 0 unspecified atom stereocenters. The smallest absolute Gasteiger partial charge is 0.251 e. The quantitative estimate of drug-likeness (QED) is 0.660. The number of aromatic nitrogens is 2. The largest absolute Gasteiger partial charge is 0.382 e. The van der Waals surface area contributed by atoms with Gasteiger partial charge in [0, 0.05) is 41.5 Å². The minimum atomic E-state index is -0.367. The zero-order valence-corrected chi connectivity index (χ0v) is 17.8. The number of hydrogen-bond donors (Lipinski definition) is 2. The summed E-state index contributed by atoms with van der Waals surface area (Å²) in [5, 5.41) is 2.83. The first-order valence-corrected chi connectivity index (χ1v) is 10.7. The molecule has 32 heavy (non-hydrogen) atoms. The van der Waals surface area contributed by atoms with Gasteiger partial charge in [-0.2, -0.15) is 0 Å². The number of rotatable bonds is 3. The summed E-state index contributed by atoms with van der Waals surface area (Å²) in [5.41, 5.74) is 10.5. The number of ether oxygens (including phenoxy) is 1. The van der Waals surface area contributed by atoms with Crippen LogP contribution in [0.4, 0.5) is 15.9 Å². The van der Waals surface area contributed by atoms with Crippen molar-refractivity contribution in [2.45, 2.75) is 19.4 Å².